The molecule has 0 spiro atoms. The minimum Gasteiger partial charge on any atom is -0.350 e. The van der Waals surface area contributed by atoms with E-state index in [1.54, 1.807) is 29.4 Å². The molecule has 108 valence electrons. The van der Waals surface area contributed by atoms with Gasteiger partial charge in [-0.1, -0.05) is 6.07 Å². The van der Waals surface area contributed by atoms with Gasteiger partial charge in [0.1, 0.15) is 11.5 Å². The van der Waals surface area contributed by atoms with Gasteiger partial charge in [-0.2, -0.15) is 0 Å². The maximum absolute atomic E-state index is 13.4. The van der Waals surface area contributed by atoms with E-state index in [-0.39, 0.29) is 11.7 Å². The van der Waals surface area contributed by atoms with Gasteiger partial charge in [0.2, 0.25) is 0 Å². The largest absolute Gasteiger partial charge is 0.350 e. The summed E-state index contributed by atoms with van der Waals surface area (Å²) in [5.74, 6) is -0.396. The van der Waals surface area contributed by atoms with E-state index in [4.69, 9.17) is 0 Å². The number of halogens is 1. The predicted octanol–water partition coefficient (Wildman–Crippen LogP) is 3.95. The van der Waals surface area contributed by atoms with Crippen LogP contribution in [0.4, 0.5) is 4.39 Å². The van der Waals surface area contributed by atoms with E-state index >= 15 is 0 Å². The zero-order chi connectivity index (χ0) is 15.0. The molecule has 0 unspecified atom stereocenters. The Bertz CT molecular complexity index is 792. The summed E-state index contributed by atoms with van der Waals surface area (Å²) in [4.78, 5) is 18.2. The first-order chi connectivity index (χ1) is 10.0. The average Bonchev–Trinajstić information content (AvgIpc) is 3.06. The molecule has 2 aromatic heterocycles. The molecule has 2 heterocycles. The third kappa shape index (κ3) is 2.69. The van der Waals surface area contributed by atoms with Crippen molar-refractivity contribution in [1.29, 1.82) is 0 Å². The number of rotatable bonds is 3. The van der Waals surface area contributed by atoms with E-state index in [0.29, 0.717) is 17.8 Å². The first-order valence-electron chi connectivity index (χ1n) is 6.61. The van der Waals surface area contributed by atoms with E-state index in [9.17, 15) is 9.18 Å². The molecule has 21 heavy (non-hydrogen) atoms. The van der Waals surface area contributed by atoms with Gasteiger partial charge in [0.25, 0.3) is 5.91 Å². The number of nitrogens with zero attached hydrogens (tertiary/aromatic N) is 1. The molecule has 0 atom stereocenters. The van der Waals surface area contributed by atoms with Crippen molar-refractivity contribution in [2.24, 2.45) is 0 Å². The molecule has 0 aliphatic carbocycles. The van der Waals surface area contributed by atoms with E-state index in [2.05, 4.69) is 4.98 Å². The zero-order valence-corrected chi connectivity index (χ0v) is 12.6. The Morgan fingerprint density at radius 3 is 2.90 bits per heavy atom. The smallest absolute Gasteiger partial charge is 0.270 e. The number of benzene rings is 1. The lowest BCUT2D eigenvalue weighted by atomic mass is 10.1. The van der Waals surface area contributed by atoms with Crippen molar-refractivity contribution in [3.63, 3.8) is 0 Å². The first-order valence-corrected chi connectivity index (χ1v) is 7.49. The highest BCUT2D eigenvalue weighted by Crippen LogP contribution is 2.22. The molecule has 0 aliphatic rings. The Kier molecular flexibility index (Phi) is 3.51. The number of aryl methyl sites for hydroxylation is 1. The van der Waals surface area contributed by atoms with Crippen LogP contribution >= 0.6 is 11.3 Å². The van der Waals surface area contributed by atoms with Crippen molar-refractivity contribution in [2.45, 2.75) is 13.5 Å². The first kappa shape index (κ1) is 13.8. The van der Waals surface area contributed by atoms with Gasteiger partial charge in [-0.15, -0.1) is 11.3 Å². The molecule has 3 aromatic rings. The monoisotopic (exact) mass is 302 g/mol. The SMILES string of the molecule is Cc1cc(F)cc2[nH]c(C(=O)N(C)Cc3cccs3)cc12. The van der Waals surface area contributed by atoms with Crippen molar-refractivity contribution in [1.82, 2.24) is 9.88 Å². The fraction of sp³-hybridized carbons (Fsp3) is 0.188. The fourth-order valence-corrected chi connectivity index (χ4v) is 3.16. The number of fused-ring (bicyclic) bond motifs is 1. The van der Waals surface area contributed by atoms with Gasteiger partial charge in [-0.05, 0) is 42.1 Å². The van der Waals surface area contributed by atoms with Crippen LogP contribution in [0.5, 0.6) is 0 Å². The molecule has 0 saturated heterocycles. The van der Waals surface area contributed by atoms with Crippen molar-refractivity contribution >= 4 is 28.1 Å². The quantitative estimate of drug-likeness (QED) is 0.781. The molecule has 1 amide bonds. The molecular weight excluding hydrogens is 287 g/mol. The number of carbonyl (C=O) groups is 1. The summed E-state index contributed by atoms with van der Waals surface area (Å²) in [6.45, 7) is 2.40. The van der Waals surface area contributed by atoms with Crippen LogP contribution in [0.15, 0.2) is 35.7 Å². The molecule has 3 rings (SSSR count). The Balaban J connectivity index is 1.89. The highest BCUT2D eigenvalue weighted by Gasteiger charge is 2.16. The Morgan fingerprint density at radius 1 is 1.38 bits per heavy atom. The predicted molar refractivity (Wildman–Crippen MR) is 83.1 cm³/mol. The lowest BCUT2D eigenvalue weighted by Gasteiger charge is -2.14. The van der Waals surface area contributed by atoms with Crippen LogP contribution in [-0.4, -0.2) is 22.8 Å². The number of thiophene rings is 1. The van der Waals surface area contributed by atoms with Gasteiger partial charge >= 0.3 is 0 Å². The number of amides is 1. The van der Waals surface area contributed by atoms with Crippen LogP contribution in [0.2, 0.25) is 0 Å². The molecule has 0 bridgehead atoms. The molecule has 0 fully saturated rings. The number of hydrogen-bond acceptors (Lipinski definition) is 2. The average molecular weight is 302 g/mol. The third-order valence-corrected chi connectivity index (χ3v) is 4.32. The standard InChI is InChI=1S/C16H15FN2OS/c1-10-6-11(17)7-14-13(10)8-15(18-14)16(20)19(2)9-12-4-3-5-21-12/h3-8,18H,9H2,1-2H3. The molecule has 3 nitrogen and oxygen atoms in total. The minimum atomic E-state index is -0.298. The van der Waals surface area contributed by atoms with E-state index in [0.717, 1.165) is 15.8 Å². The fourth-order valence-electron chi connectivity index (χ4n) is 2.40. The number of nitrogens with one attached hydrogen (secondary N) is 1. The number of aromatic amines is 1. The van der Waals surface area contributed by atoms with Gasteiger partial charge in [0.05, 0.1) is 6.54 Å². The number of aromatic nitrogens is 1. The maximum Gasteiger partial charge on any atom is 0.270 e. The van der Waals surface area contributed by atoms with Crippen LogP contribution in [0.25, 0.3) is 10.9 Å². The maximum atomic E-state index is 13.4. The third-order valence-electron chi connectivity index (χ3n) is 3.46. The number of hydrogen-bond donors (Lipinski definition) is 1. The van der Waals surface area contributed by atoms with Crippen LogP contribution < -0.4 is 0 Å². The molecule has 1 aromatic carbocycles. The van der Waals surface area contributed by atoms with E-state index in [1.807, 2.05) is 24.4 Å². The van der Waals surface area contributed by atoms with Crippen molar-refractivity contribution < 1.29 is 9.18 Å². The zero-order valence-electron chi connectivity index (χ0n) is 11.8. The summed E-state index contributed by atoms with van der Waals surface area (Å²) >= 11 is 1.62. The molecular formula is C16H15FN2OS. The van der Waals surface area contributed by atoms with Crippen LogP contribution in [0.1, 0.15) is 20.9 Å². The normalized spacial score (nSPS) is 11.0. The van der Waals surface area contributed by atoms with Gasteiger partial charge in [-0.25, -0.2) is 4.39 Å². The topological polar surface area (TPSA) is 36.1 Å². The molecule has 0 saturated carbocycles. The minimum absolute atomic E-state index is 0.0978. The highest BCUT2D eigenvalue weighted by atomic mass is 32.1. The van der Waals surface area contributed by atoms with E-state index in [1.165, 1.54) is 12.1 Å². The summed E-state index contributed by atoms with van der Waals surface area (Å²) in [5.41, 5.74) is 1.96. The second-order valence-corrected chi connectivity index (χ2v) is 6.14. The molecule has 5 heteroatoms. The lowest BCUT2D eigenvalue weighted by Crippen LogP contribution is -2.26. The van der Waals surface area contributed by atoms with Crippen molar-refractivity contribution in [2.75, 3.05) is 7.05 Å². The molecule has 0 aliphatic heterocycles. The second-order valence-electron chi connectivity index (χ2n) is 5.11. The molecule has 0 radical (unpaired) electrons. The summed E-state index contributed by atoms with van der Waals surface area (Å²) in [6, 6.07) is 8.64. The van der Waals surface area contributed by atoms with Crippen LogP contribution in [0.3, 0.4) is 0 Å². The van der Waals surface area contributed by atoms with Gasteiger partial charge in [0, 0.05) is 22.8 Å². The second kappa shape index (κ2) is 5.33. The van der Waals surface area contributed by atoms with Gasteiger partial charge in [-0.3, -0.25) is 4.79 Å². The van der Waals surface area contributed by atoms with Crippen LogP contribution in [-0.2, 0) is 6.54 Å². The van der Waals surface area contributed by atoms with Crippen molar-refractivity contribution in [3.05, 3.63) is 57.7 Å². The Labute approximate surface area is 126 Å². The summed E-state index contributed by atoms with van der Waals surface area (Å²) < 4.78 is 13.4. The number of carbonyl (C=O) groups excluding carboxylic acids is 1. The molecule has 1 N–H and O–H groups in total. The Hall–Kier alpha value is -2.14. The number of H-pyrrole nitrogens is 1. The summed E-state index contributed by atoms with van der Waals surface area (Å²) in [5, 5.41) is 2.87. The highest BCUT2D eigenvalue weighted by molar-refractivity contribution is 7.09. The van der Waals surface area contributed by atoms with Gasteiger partial charge in [0.15, 0.2) is 0 Å². The van der Waals surface area contributed by atoms with Crippen molar-refractivity contribution in [3.8, 4) is 0 Å². The van der Waals surface area contributed by atoms with Gasteiger partial charge < -0.3 is 9.88 Å². The van der Waals surface area contributed by atoms with E-state index < -0.39 is 0 Å². The van der Waals surface area contributed by atoms with Crippen LogP contribution in [0, 0.1) is 12.7 Å². The Morgan fingerprint density at radius 2 is 2.19 bits per heavy atom. The summed E-state index contributed by atoms with van der Waals surface area (Å²) in [7, 11) is 1.76. The summed E-state index contributed by atoms with van der Waals surface area (Å²) in [6.07, 6.45) is 0. The lowest BCUT2D eigenvalue weighted by molar-refractivity contribution is 0.0781.